The number of non-ortho nitro benzene ring substituents is 1. The predicted octanol–water partition coefficient (Wildman–Crippen LogP) is 1.73. The molecule has 1 amide bonds. The maximum absolute atomic E-state index is 12.5. The predicted molar refractivity (Wildman–Crippen MR) is 75.8 cm³/mol. The van der Waals surface area contributed by atoms with Crippen LogP contribution in [0, 0.1) is 17.0 Å². The standard InChI is InChI=1S/C14H19N3O3/c1-10-6-11(8-13(7-10)17(19)20)14(18)16-5-3-4-12(16)9-15-2/h6-8,12,15H,3-5,9H2,1-2H3. The molecule has 1 atom stereocenters. The van der Waals surface area contributed by atoms with E-state index in [1.807, 2.05) is 11.9 Å². The topological polar surface area (TPSA) is 75.5 Å². The maximum Gasteiger partial charge on any atom is 0.270 e. The van der Waals surface area contributed by atoms with Crippen molar-refractivity contribution in [2.24, 2.45) is 0 Å². The smallest absolute Gasteiger partial charge is 0.270 e. The van der Waals surface area contributed by atoms with Gasteiger partial charge in [0.1, 0.15) is 0 Å². The molecule has 1 aliphatic heterocycles. The number of nitro groups is 1. The van der Waals surface area contributed by atoms with Gasteiger partial charge in [-0.05, 0) is 38.4 Å². The Morgan fingerprint density at radius 2 is 2.25 bits per heavy atom. The highest BCUT2D eigenvalue weighted by Crippen LogP contribution is 2.23. The average molecular weight is 277 g/mol. The summed E-state index contributed by atoms with van der Waals surface area (Å²) in [6.45, 7) is 3.23. The van der Waals surface area contributed by atoms with Crippen LogP contribution in [0.1, 0.15) is 28.8 Å². The van der Waals surface area contributed by atoms with Gasteiger partial charge in [0.05, 0.1) is 4.92 Å². The van der Waals surface area contributed by atoms with Crippen molar-refractivity contribution in [1.29, 1.82) is 0 Å². The number of rotatable bonds is 4. The Balaban J connectivity index is 2.26. The molecule has 0 spiro atoms. The number of amides is 1. The van der Waals surface area contributed by atoms with Gasteiger partial charge >= 0.3 is 0 Å². The third-order valence-corrected chi connectivity index (χ3v) is 3.60. The summed E-state index contributed by atoms with van der Waals surface area (Å²) in [7, 11) is 1.86. The van der Waals surface area contributed by atoms with Crippen molar-refractivity contribution >= 4 is 11.6 Å². The van der Waals surface area contributed by atoms with Crippen LogP contribution in [0.3, 0.4) is 0 Å². The summed E-state index contributed by atoms with van der Waals surface area (Å²) in [6, 6.07) is 4.73. The lowest BCUT2D eigenvalue weighted by Crippen LogP contribution is -2.40. The molecule has 0 radical (unpaired) electrons. The molecule has 1 unspecified atom stereocenters. The molecule has 1 aromatic carbocycles. The van der Waals surface area contributed by atoms with Gasteiger partial charge in [-0.2, -0.15) is 0 Å². The van der Waals surface area contributed by atoms with Gasteiger partial charge in [0.15, 0.2) is 0 Å². The van der Waals surface area contributed by atoms with Crippen molar-refractivity contribution in [1.82, 2.24) is 10.2 Å². The summed E-state index contributed by atoms with van der Waals surface area (Å²) in [5, 5.41) is 14.0. The number of aryl methyl sites for hydroxylation is 1. The molecule has 2 rings (SSSR count). The van der Waals surface area contributed by atoms with E-state index in [0.29, 0.717) is 12.1 Å². The first-order chi connectivity index (χ1) is 9.52. The van der Waals surface area contributed by atoms with E-state index in [0.717, 1.165) is 24.9 Å². The molecule has 1 saturated heterocycles. The van der Waals surface area contributed by atoms with Crippen molar-refractivity contribution < 1.29 is 9.72 Å². The Kier molecular flexibility index (Phi) is 4.34. The van der Waals surface area contributed by atoms with Crippen molar-refractivity contribution in [3.05, 3.63) is 39.4 Å². The molecule has 1 fully saturated rings. The highest BCUT2D eigenvalue weighted by atomic mass is 16.6. The molecule has 108 valence electrons. The van der Waals surface area contributed by atoms with Gasteiger partial charge in [0.25, 0.3) is 11.6 Å². The van der Waals surface area contributed by atoms with Crippen LogP contribution in [0.15, 0.2) is 18.2 Å². The fraction of sp³-hybridized carbons (Fsp3) is 0.500. The average Bonchev–Trinajstić information content (AvgIpc) is 2.85. The van der Waals surface area contributed by atoms with E-state index >= 15 is 0 Å². The van der Waals surface area contributed by atoms with Crippen LogP contribution in [-0.4, -0.2) is 41.9 Å². The lowest BCUT2D eigenvalue weighted by molar-refractivity contribution is -0.384. The number of nitro benzene ring substituents is 1. The summed E-state index contributed by atoms with van der Waals surface area (Å²) >= 11 is 0. The molecule has 0 aromatic heterocycles. The zero-order valence-corrected chi connectivity index (χ0v) is 11.8. The Morgan fingerprint density at radius 1 is 1.50 bits per heavy atom. The monoisotopic (exact) mass is 277 g/mol. The van der Waals surface area contributed by atoms with Crippen molar-refractivity contribution in [3.8, 4) is 0 Å². The summed E-state index contributed by atoms with van der Waals surface area (Å²) in [4.78, 5) is 24.8. The molecule has 6 nitrogen and oxygen atoms in total. The number of likely N-dealkylation sites (N-methyl/N-ethyl adjacent to an activating group) is 1. The number of hydrogen-bond donors (Lipinski definition) is 1. The van der Waals surface area contributed by atoms with Crippen LogP contribution in [0.4, 0.5) is 5.69 Å². The summed E-state index contributed by atoms with van der Waals surface area (Å²) in [5.41, 5.74) is 1.10. The van der Waals surface area contributed by atoms with Gasteiger partial charge in [-0.3, -0.25) is 14.9 Å². The fourth-order valence-electron chi connectivity index (χ4n) is 2.71. The number of benzene rings is 1. The van der Waals surface area contributed by atoms with Crippen LogP contribution < -0.4 is 5.32 Å². The van der Waals surface area contributed by atoms with E-state index in [4.69, 9.17) is 0 Å². The molecular formula is C14H19N3O3. The fourth-order valence-corrected chi connectivity index (χ4v) is 2.71. The second kappa shape index (κ2) is 6.00. The number of nitrogens with one attached hydrogen (secondary N) is 1. The Labute approximate surface area is 117 Å². The zero-order valence-electron chi connectivity index (χ0n) is 11.8. The summed E-state index contributed by atoms with van der Waals surface area (Å²) in [5.74, 6) is -0.116. The Hall–Kier alpha value is -1.95. The van der Waals surface area contributed by atoms with Crippen LogP contribution >= 0.6 is 0 Å². The van der Waals surface area contributed by atoms with Crippen molar-refractivity contribution in [2.75, 3.05) is 20.1 Å². The van der Waals surface area contributed by atoms with E-state index in [1.165, 1.54) is 12.1 Å². The summed E-state index contributed by atoms with van der Waals surface area (Å²) < 4.78 is 0. The maximum atomic E-state index is 12.5. The molecule has 1 N–H and O–H groups in total. The molecule has 0 bridgehead atoms. The molecule has 20 heavy (non-hydrogen) atoms. The normalized spacial score (nSPS) is 18.3. The lowest BCUT2D eigenvalue weighted by atomic mass is 10.1. The highest BCUT2D eigenvalue weighted by molar-refractivity contribution is 5.95. The third-order valence-electron chi connectivity index (χ3n) is 3.60. The minimum Gasteiger partial charge on any atom is -0.334 e. The number of hydrogen-bond acceptors (Lipinski definition) is 4. The van der Waals surface area contributed by atoms with Crippen molar-refractivity contribution in [2.45, 2.75) is 25.8 Å². The summed E-state index contributed by atoms with van der Waals surface area (Å²) in [6.07, 6.45) is 1.95. The highest BCUT2D eigenvalue weighted by Gasteiger charge is 2.29. The molecule has 0 aliphatic carbocycles. The molecule has 0 saturated carbocycles. The van der Waals surface area contributed by atoms with Gasteiger partial charge in [-0.1, -0.05) is 0 Å². The number of nitrogens with zero attached hydrogens (tertiary/aromatic N) is 2. The number of carbonyl (C=O) groups excluding carboxylic acids is 1. The van der Waals surface area contributed by atoms with Crippen molar-refractivity contribution in [3.63, 3.8) is 0 Å². The van der Waals surface area contributed by atoms with E-state index in [-0.39, 0.29) is 17.6 Å². The van der Waals surface area contributed by atoms with Crippen LogP contribution in [0.5, 0.6) is 0 Å². The van der Waals surface area contributed by atoms with Crippen LogP contribution in [-0.2, 0) is 0 Å². The SMILES string of the molecule is CNCC1CCCN1C(=O)c1cc(C)cc([N+](=O)[O-])c1. The first kappa shape index (κ1) is 14.5. The molecule has 1 heterocycles. The third kappa shape index (κ3) is 2.96. The number of likely N-dealkylation sites (tertiary alicyclic amines) is 1. The molecular weight excluding hydrogens is 258 g/mol. The van der Waals surface area contributed by atoms with E-state index in [2.05, 4.69) is 5.32 Å². The first-order valence-corrected chi connectivity index (χ1v) is 6.74. The largest absolute Gasteiger partial charge is 0.334 e. The Bertz CT molecular complexity index is 530. The molecule has 1 aromatic rings. The van der Waals surface area contributed by atoms with Gasteiger partial charge in [-0.15, -0.1) is 0 Å². The van der Waals surface area contributed by atoms with Gasteiger partial charge in [0, 0.05) is 36.8 Å². The zero-order chi connectivity index (χ0) is 14.7. The van der Waals surface area contributed by atoms with Gasteiger partial charge < -0.3 is 10.2 Å². The second-order valence-electron chi connectivity index (χ2n) is 5.17. The quantitative estimate of drug-likeness (QED) is 0.671. The number of carbonyl (C=O) groups is 1. The van der Waals surface area contributed by atoms with Gasteiger partial charge in [-0.25, -0.2) is 0 Å². The first-order valence-electron chi connectivity index (χ1n) is 6.74. The minimum absolute atomic E-state index is 0.0299. The van der Waals surface area contributed by atoms with Crippen LogP contribution in [0.25, 0.3) is 0 Å². The lowest BCUT2D eigenvalue weighted by Gasteiger charge is -2.24. The van der Waals surface area contributed by atoms with Gasteiger partial charge in [0.2, 0.25) is 0 Å². The van der Waals surface area contributed by atoms with E-state index in [1.54, 1.807) is 13.0 Å². The minimum atomic E-state index is -0.459. The molecule has 6 heteroatoms. The van der Waals surface area contributed by atoms with Crippen LogP contribution in [0.2, 0.25) is 0 Å². The molecule has 1 aliphatic rings. The Morgan fingerprint density at radius 3 is 2.90 bits per heavy atom. The van der Waals surface area contributed by atoms with E-state index in [9.17, 15) is 14.9 Å². The second-order valence-corrected chi connectivity index (χ2v) is 5.17. The van der Waals surface area contributed by atoms with E-state index < -0.39 is 4.92 Å².